The lowest BCUT2D eigenvalue weighted by Gasteiger charge is -2.39. The van der Waals surface area contributed by atoms with Crippen LogP contribution in [0.15, 0.2) is 0 Å². The molecule has 1 aliphatic rings. The first-order valence-corrected chi connectivity index (χ1v) is 6.43. The van der Waals surface area contributed by atoms with Crippen LogP contribution in [-0.4, -0.2) is 54.8 Å². The Morgan fingerprint density at radius 2 is 2.12 bits per heavy atom. The molecule has 1 heterocycles. The smallest absolute Gasteiger partial charge is 0.229 e. The van der Waals surface area contributed by atoms with Crippen LogP contribution in [-0.2, 0) is 4.79 Å². The van der Waals surface area contributed by atoms with Gasteiger partial charge in [0.05, 0.1) is 5.41 Å². The second-order valence-corrected chi connectivity index (χ2v) is 5.80. The zero-order valence-corrected chi connectivity index (χ0v) is 11.5. The third-order valence-corrected chi connectivity index (χ3v) is 4.00. The molecule has 0 aromatic heterocycles. The van der Waals surface area contributed by atoms with E-state index in [1.165, 1.54) is 6.42 Å². The zero-order valence-electron chi connectivity index (χ0n) is 10.8. The molecule has 0 saturated carbocycles. The van der Waals surface area contributed by atoms with Crippen molar-refractivity contribution in [2.45, 2.75) is 32.7 Å². The topological polar surface area (TPSA) is 23.6 Å². The minimum absolute atomic E-state index is 0.189. The van der Waals surface area contributed by atoms with Gasteiger partial charge in [0.15, 0.2) is 0 Å². The summed E-state index contributed by atoms with van der Waals surface area (Å²) in [7, 11) is 4.15. The minimum Gasteiger partial charge on any atom is -0.341 e. The van der Waals surface area contributed by atoms with Gasteiger partial charge in [-0.05, 0) is 40.8 Å². The summed E-state index contributed by atoms with van der Waals surface area (Å²) < 4.78 is 0. The van der Waals surface area contributed by atoms with Crippen molar-refractivity contribution in [1.29, 1.82) is 0 Å². The van der Waals surface area contributed by atoms with Crippen molar-refractivity contribution in [2.24, 2.45) is 5.41 Å². The van der Waals surface area contributed by atoms with Gasteiger partial charge in [0.25, 0.3) is 0 Å². The standard InChI is InChI=1S/C12H23ClN2O/c1-12(2,9-13)11(16)15-7-5-6-10(8-15)14(3)4/h10H,5-9H2,1-4H3. The number of piperidine rings is 1. The van der Waals surface area contributed by atoms with Crippen LogP contribution in [0.2, 0.25) is 0 Å². The lowest BCUT2D eigenvalue weighted by molar-refractivity contribution is -0.141. The second kappa shape index (κ2) is 5.37. The monoisotopic (exact) mass is 246 g/mol. The molecule has 1 unspecified atom stereocenters. The number of nitrogens with zero attached hydrogens (tertiary/aromatic N) is 2. The number of alkyl halides is 1. The molecule has 16 heavy (non-hydrogen) atoms. The Kier molecular flexibility index (Phi) is 4.62. The van der Waals surface area contributed by atoms with Gasteiger partial charge in [-0.1, -0.05) is 0 Å². The fourth-order valence-corrected chi connectivity index (χ4v) is 2.16. The predicted octanol–water partition coefficient (Wildman–Crippen LogP) is 1.80. The molecule has 0 radical (unpaired) electrons. The van der Waals surface area contributed by atoms with Crippen LogP contribution in [0.3, 0.4) is 0 Å². The van der Waals surface area contributed by atoms with Crippen LogP contribution in [0, 0.1) is 5.41 Å². The Bertz CT molecular complexity index is 253. The van der Waals surface area contributed by atoms with Crippen LogP contribution >= 0.6 is 11.6 Å². The number of amides is 1. The van der Waals surface area contributed by atoms with Crippen LogP contribution < -0.4 is 0 Å². The van der Waals surface area contributed by atoms with Crippen molar-refractivity contribution in [3.8, 4) is 0 Å². The molecule has 94 valence electrons. The average Bonchev–Trinajstić information content (AvgIpc) is 2.28. The highest BCUT2D eigenvalue weighted by molar-refractivity contribution is 6.19. The zero-order chi connectivity index (χ0) is 12.3. The van der Waals surface area contributed by atoms with Gasteiger partial charge in [0, 0.05) is 25.0 Å². The average molecular weight is 247 g/mol. The number of likely N-dealkylation sites (tertiary alicyclic amines) is 1. The molecule has 1 fully saturated rings. The molecule has 0 aromatic carbocycles. The summed E-state index contributed by atoms with van der Waals surface area (Å²) in [6.07, 6.45) is 2.27. The van der Waals surface area contributed by atoms with Gasteiger partial charge in [-0.15, -0.1) is 11.6 Å². The molecule has 0 N–H and O–H groups in total. The van der Waals surface area contributed by atoms with E-state index in [4.69, 9.17) is 11.6 Å². The van der Waals surface area contributed by atoms with E-state index in [0.717, 1.165) is 19.5 Å². The highest BCUT2D eigenvalue weighted by Gasteiger charge is 2.34. The molecule has 0 bridgehead atoms. The van der Waals surface area contributed by atoms with Gasteiger partial charge in [-0.3, -0.25) is 4.79 Å². The summed E-state index contributed by atoms with van der Waals surface area (Å²) >= 11 is 5.85. The van der Waals surface area contributed by atoms with Crippen LogP contribution in [0.4, 0.5) is 0 Å². The number of hydrogen-bond acceptors (Lipinski definition) is 2. The maximum Gasteiger partial charge on any atom is 0.229 e. The highest BCUT2D eigenvalue weighted by Crippen LogP contribution is 2.24. The number of likely N-dealkylation sites (N-methyl/N-ethyl adjacent to an activating group) is 1. The molecule has 4 heteroatoms. The number of hydrogen-bond donors (Lipinski definition) is 0. The normalized spacial score (nSPS) is 22.6. The van der Waals surface area contributed by atoms with Gasteiger partial charge < -0.3 is 9.80 Å². The lowest BCUT2D eigenvalue weighted by Crippen LogP contribution is -2.51. The molecule has 1 atom stereocenters. The second-order valence-electron chi connectivity index (χ2n) is 5.53. The molecule has 0 aromatic rings. The Hall–Kier alpha value is -0.280. The Balaban J connectivity index is 2.64. The van der Waals surface area contributed by atoms with E-state index < -0.39 is 5.41 Å². The number of carbonyl (C=O) groups is 1. The maximum atomic E-state index is 12.2. The van der Waals surface area contributed by atoms with Gasteiger partial charge >= 0.3 is 0 Å². The fraction of sp³-hybridized carbons (Fsp3) is 0.917. The Morgan fingerprint density at radius 3 is 2.62 bits per heavy atom. The van der Waals surface area contributed by atoms with Gasteiger partial charge in [0.1, 0.15) is 0 Å². The van der Waals surface area contributed by atoms with Gasteiger partial charge in [-0.25, -0.2) is 0 Å². The molecule has 1 aliphatic heterocycles. The summed E-state index contributed by atoms with van der Waals surface area (Å²) in [6.45, 7) is 5.55. The van der Waals surface area contributed by atoms with E-state index >= 15 is 0 Å². The van der Waals surface area contributed by atoms with Crippen LogP contribution in [0.1, 0.15) is 26.7 Å². The first kappa shape index (κ1) is 13.8. The van der Waals surface area contributed by atoms with Gasteiger partial charge in [-0.2, -0.15) is 0 Å². The third kappa shape index (κ3) is 3.11. The maximum absolute atomic E-state index is 12.2. The highest BCUT2D eigenvalue weighted by atomic mass is 35.5. The molecule has 1 amide bonds. The number of halogens is 1. The Labute approximate surface area is 104 Å². The quantitative estimate of drug-likeness (QED) is 0.709. The van der Waals surface area contributed by atoms with Crippen molar-refractivity contribution in [2.75, 3.05) is 33.1 Å². The first-order chi connectivity index (χ1) is 7.38. The van der Waals surface area contributed by atoms with Crippen molar-refractivity contribution >= 4 is 17.5 Å². The van der Waals surface area contributed by atoms with Gasteiger partial charge in [0.2, 0.25) is 5.91 Å². The van der Waals surface area contributed by atoms with E-state index in [0.29, 0.717) is 11.9 Å². The summed E-state index contributed by atoms with van der Waals surface area (Å²) in [5.41, 5.74) is -0.435. The van der Waals surface area contributed by atoms with Crippen molar-refractivity contribution in [1.82, 2.24) is 9.80 Å². The first-order valence-electron chi connectivity index (χ1n) is 5.90. The molecule has 1 saturated heterocycles. The molecular weight excluding hydrogens is 224 g/mol. The van der Waals surface area contributed by atoms with E-state index in [2.05, 4.69) is 19.0 Å². The minimum atomic E-state index is -0.435. The molecule has 0 spiro atoms. The van der Waals surface area contributed by atoms with E-state index in [9.17, 15) is 4.79 Å². The van der Waals surface area contributed by atoms with E-state index in [1.807, 2.05) is 18.7 Å². The van der Waals surface area contributed by atoms with Crippen LogP contribution in [0.25, 0.3) is 0 Å². The van der Waals surface area contributed by atoms with Crippen molar-refractivity contribution in [3.63, 3.8) is 0 Å². The van der Waals surface area contributed by atoms with E-state index in [1.54, 1.807) is 0 Å². The summed E-state index contributed by atoms with van der Waals surface area (Å²) in [4.78, 5) is 16.4. The Morgan fingerprint density at radius 1 is 1.50 bits per heavy atom. The number of carbonyl (C=O) groups excluding carboxylic acids is 1. The third-order valence-electron chi connectivity index (χ3n) is 3.33. The number of rotatable bonds is 3. The molecule has 1 rings (SSSR count). The molecular formula is C12H23ClN2O. The summed E-state index contributed by atoms with van der Waals surface area (Å²) in [6, 6.07) is 0.490. The summed E-state index contributed by atoms with van der Waals surface area (Å²) in [5, 5.41) is 0. The van der Waals surface area contributed by atoms with Crippen molar-refractivity contribution in [3.05, 3.63) is 0 Å². The molecule has 3 nitrogen and oxygen atoms in total. The SMILES string of the molecule is CN(C)C1CCCN(C(=O)C(C)(C)CCl)C1. The lowest BCUT2D eigenvalue weighted by atomic mass is 9.92. The van der Waals surface area contributed by atoms with Crippen molar-refractivity contribution < 1.29 is 4.79 Å². The largest absolute Gasteiger partial charge is 0.341 e. The van der Waals surface area contributed by atoms with E-state index in [-0.39, 0.29) is 5.91 Å². The van der Waals surface area contributed by atoms with Crippen LogP contribution in [0.5, 0.6) is 0 Å². The summed E-state index contributed by atoms with van der Waals surface area (Å²) in [5.74, 6) is 0.573. The molecule has 0 aliphatic carbocycles. The predicted molar refractivity (Wildman–Crippen MR) is 67.8 cm³/mol. The fourth-order valence-electron chi connectivity index (χ4n) is 2.05.